The van der Waals surface area contributed by atoms with Crippen LogP contribution in [0.5, 0.6) is 5.75 Å². The van der Waals surface area contributed by atoms with Crippen molar-refractivity contribution in [1.29, 1.82) is 0 Å². The number of pyridine rings is 1. The zero-order chi connectivity index (χ0) is 17.8. The Balaban J connectivity index is 1.97. The molecule has 0 radical (unpaired) electrons. The Hall–Kier alpha value is -2.40. The van der Waals surface area contributed by atoms with Gasteiger partial charge < -0.3 is 10.1 Å². The molecule has 5 heteroatoms. The number of aromatic nitrogens is 1. The predicted octanol–water partition coefficient (Wildman–Crippen LogP) is 5.17. The second-order valence-corrected chi connectivity index (χ2v) is 6.90. The molecule has 3 rings (SSSR count). The zero-order valence-corrected chi connectivity index (χ0v) is 15.7. The topological polar surface area (TPSA) is 51.2 Å². The van der Waals surface area contributed by atoms with Crippen LogP contribution >= 0.6 is 15.9 Å². The van der Waals surface area contributed by atoms with Gasteiger partial charge in [0.1, 0.15) is 17.9 Å². The standard InChI is InChI=1S/C20H19BrN2O2/c1-13(2)20(24)23-18-15-9-6-10-22-19(15)17(11-16(18)21)25-12-14-7-4-3-5-8-14/h3-11,13H,12H2,1-2H3,(H,23,24). The van der Waals surface area contributed by atoms with Crippen LogP contribution in [-0.2, 0) is 11.4 Å². The van der Waals surface area contributed by atoms with E-state index in [0.29, 0.717) is 18.0 Å². The van der Waals surface area contributed by atoms with E-state index in [1.54, 1.807) is 6.20 Å². The number of hydrogen-bond donors (Lipinski definition) is 1. The normalized spacial score (nSPS) is 10.9. The molecule has 1 heterocycles. The first-order valence-corrected chi connectivity index (χ1v) is 8.90. The van der Waals surface area contributed by atoms with Crippen LogP contribution in [0, 0.1) is 5.92 Å². The van der Waals surface area contributed by atoms with Crippen LogP contribution in [0.3, 0.4) is 0 Å². The number of nitrogens with zero attached hydrogens (tertiary/aromatic N) is 1. The fourth-order valence-corrected chi connectivity index (χ4v) is 2.95. The smallest absolute Gasteiger partial charge is 0.226 e. The Bertz CT molecular complexity index is 895. The number of rotatable bonds is 5. The number of anilines is 1. The van der Waals surface area contributed by atoms with E-state index in [9.17, 15) is 4.79 Å². The maximum Gasteiger partial charge on any atom is 0.226 e. The van der Waals surface area contributed by atoms with Crippen molar-refractivity contribution in [1.82, 2.24) is 4.98 Å². The number of fused-ring (bicyclic) bond motifs is 1. The summed E-state index contributed by atoms with van der Waals surface area (Å²) in [7, 11) is 0. The minimum absolute atomic E-state index is 0.0381. The largest absolute Gasteiger partial charge is 0.487 e. The van der Waals surface area contributed by atoms with Crippen molar-refractivity contribution in [2.45, 2.75) is 20.5 Å². The fraction of sp³-hybridized carbons (Fsp3) is 0.200. The first-order valence-electron chi connectivity index (χ1n) is 8.11. The van der Waals surface area contributed by atoms with Crippen molar-refractivity contribution in [3.63, 3.8) is 0 Å². The van der Waals surface area contributed by atoms with Gasteiger partial charge in [-0.2, -0.15) is 0 Å². The minimum atomic E-state index is -0.104. The van der Waals surface area contributed by atoms with Gasteiger partial charge in [0.25, 0.3) is 0 Å². The fourth-order valence-electron chi connectivity index (χ4n) is 2.43. The molecular weight excluding hydrogens is 380 g/mol. The van der Waals surface area contributed by atoms with Crippen molar-refractivity contribution >= 4 is 38.4 Å². The molecule has 0 bridgehead atoms. The van der Waals surface area contributed by atoms with Crippen LogP contribution in [0.4, 0.5) is 5.69 Å². The van der Waals surface area contributed by atoms with E-state index in [-0.39, 0.29) is 11.8 Å². The van der Waals surface area contributed by atoms with E-state index in [4.69, 9.17) is 4.74 Å². The SMILES string of the molecule is CC(C)C(=O)Nc1c(Br)cc(OCc2ccccc2)c2ncccc12. The Kier molecular flexibility index (Phi) is 5.34. The molecule has 3 aromatic rings. The highest BCUT2D eigenvalue weighted by Crippen LogP contribution is 2.37. The lowest BCUT2D eigenvalue weighted by Gasteiger charge is -2.15. The lowest BCUT2D eigenvalue weighted by Crippen LogP contribution is -2.18. The van der Waals surface area contributed by atoms with Crippen LogP contribution in [0.25, 0.3) is 10.9 Å². The number of carbonyl (C=O) groups is 1. The summed E-state index contributed by atoms with van der Waals surface area (Å²) in [4.78, 5) is 16.6. The van der Waals surface area contributed by atoms with Crippen LogP contribution in [0.15, 0.2) is 59.2 Å². The molecular formula is C20H19BrN2O2. The van der Waals surface area contributed by atoms with Gasteiger partial charge in [0, 0.05) is 22.0 Å². The summed E-state index contributed by atoms with van der Waals surface area (Å²) in [5.41, 5.74) is 2.52. The highest BCUT2D eigenvalue weighted by atomic mass is 79.9. The maximum absolute atomic E-state index is 12.1. The van der Waals surface area contributed by atoms with Gasteiger partial charge in [-0.25, -0.2) is 0 Å². The van der Waals surface area contributed by atoms with Gasteiger partial charge in [-0.15, -0.1) is 0 Å². The molecule has 0 aliphatic carbocycles. The highest BCUT2D eigenvalue weighted by molar-refractivity contribution is 9.10. The second-order valence-electron chi connectivity index (χ2n) is 6.05. The first kappa shape index (κ1) is 17.4. The number of ether oxygens (including phenoxy) is 1. The molecule has 0 atom stereocenters. The van der Waals surface area contributed by atoms with Gasteiger partial charge in [0.15, 0.2) is 0 Å². The molecule has 0 spiro atoms. The lowest BCUT2D eigenvalue weighted by atomic mass is 10.1. The van der Waals surface area contributed by atoms with Gasteiger partial charge in [-0.1, -0.05) is 44.2 Å². The van der Waals surface area contributed by atoms with Gasteiger partial charge in [-0.05, 0) is 39.7 Å². The lowest BCUT2D eigenvalue weighted by molar-refractivity contribution is -0.118. The summed E-state index contributed by atoms with van der Waals surface area (Å²) in [5.74, 6) is 0.533. The summed E-state index contributed by atoms with van der Waals surface area (Å²) >= 11 is 3.55. The van der Waals surface area contributed by atoms with Crippen LogP contribution in [0.1, 0.15) is 19.4 Å². The van der Waals surface area contributed by atoms with Crippen LogP contribution < -0.4 is 10.1 Å². The number of nitrogens with one attached hydrogen (secondary N) is 1. The molecule has 25 heavy (non-hydrogen) atoms. The number of amides is 1. The molecule has 1 aromatic heterocycles. The average molecular weight is 399 g/mol. The van der Waals surface area contributed by atoms with Gasteiger partial charge in [-0.3, -0.25) is 9.78 Å². The second kappa shape index (κ2) is 7.66. The Morgan fingerprint density at radius 3 is 2.68 bits per heavy atom. The van der Waals surface area contributed by atoms with E-state index in [1.165, 1.54) is 0 Å². The number of hydrogen-bond acceptors (Lipinski definition) is 3. The van der Waals surface area contributed by atoms with E-state index in [2.05, 4.69) is 26.2 Å². The summed E-state index contributed by atoms with van der Waals surface area (Å²) in [6, 6.07) is 15.6. The van der Waals surface area contributed by atoms with E-state index in [0.717, 1.165) is 20.9 Å². The van der Waals surface area contributed by atoms with Crippen molar-refractivity contribution in [2.75, 3.05) is 5.32 Å². The molecule has 0 aliphatic heterocycles. The molecule has 0 saturated carbocycles. The Labute approximate surface area is 155 Å². The molecule has 0 unspecified atom stereocenters. The minimum Gasteiger partial charge on any atom is -0.487 e. The van der Waals surface area contributed by atoms with E-state index < -0.39 is 0 Å². The van der Waals surface area contributed by atoms with E-state index in [1.807, 2.05) is 62.4 Å². The Morgan fingerprint density at radius 1 is 1.20 bits per heavy atom. The zero-order valence-electron chi connectivity index (χ0n) is 14.1. The molecule has 128 valence electrons. The molecule has 0 aliphatic rings. The average Bonchev–Trinajstić information content (AvgIpc) is 2.63. The Morgan fingerprint density at radius 2 is 1.96 bits per heavy atom. The molecule has 1 N–H and O–H groups in total. The third-order valence-corrected chi connectivity index (χ3v) is 4.44. The summed E-state index contributed by atoms with van der Waals surface area (Å²) in [5, 5.41) is 3.81. The van der Waals surface area contributed by atoms with Crippen LogP contribution in [0.2, 0.25) is 0 Å². The molecule has 2 aromatic carbocycles. The monoisotopic (exact) mass is 398 g/mol. The van der Waals surface area contributed by atoms with Crippen molar-refractivity contribution in [3.8, 4) is 5.75 Å². The third-order valence-electron chi connectivity index (χ3n) is 3.82. The number of halogens is 1. The van der Waals surface area contributed by atoms with Crippen LogP contribution in [-0.4, -0.2) is 10.9 Å². The molecule has 0 fully saturated rings. The van der Waals surface area contributed by atoms with Crippen molar-refractivity contribution in [3.05, 3.63) is 64.8 Å². The quantitative estimate of drug-likeness (QED) is 0.644. The molecule has 4 nitrogen and oxygen atoms in total. The number of carbonyl (C=O) groups excluding carboxylic acids is 1. The highest BCUT2D eigenvalue weighted by Gasteiger charge is 2.16. The van der Waals surface area contributed by atoms with Crippen molar-refractivity contribution in [2.24, 2.45) is 5.92 Å². The van der Waals surface area contributed by atoms with Gasteiger partial charge in [0.2, 0.25) is 5.91 Å². The maximum atomic E-state index is 12.1. The van der Waals surface area contributed by atoms with E-state index >= 15 is 0 Å². The first-order chi connectivity index (χ1) is 12.1. The van der Waals surface area contributed by atoms with Gasteiger partial charge >= 0.3 is 0 Å². The number of benzene rings is 2. The third kappa shape index (κ3) is 3.99. The molecule has 1 amide bonds. The summed E-state index contributed by atoms with van der Waals surface area (Å²) < 4.78 is 6.76. The summed E-state index contributed by atoms with van der Waals surface area (Å²) in [6.07, 6.45) is 1.72. The van der Waals surface area contributed by atoms with Gasteiger partial charge in [0.05, 0.1) is 5.69 Å². The molecule has 0 saturated heterocycles. The summed E-state index contributed by atoms with van der Waals surface area (Å²) in [6.45, 7) is 4.18. The predicted molar refractivity (Wildman–Crippen MR) is 104 cm³/mol. The van der Waals surface area contributed by atoms with Crippen molar-refractivity contribution < 1.29 is 9.53 Å².